The second-order valence-corrected chi connectivity index (χ2v) is 4.27. The van der Waals surface area contributed by atoms with Crippen molar-refractivity contribution in [2.24, 2.45) is 0 Å². The van der Waals surface area contributed by atoms with Gasteiger partial charge in [0.15, 0.2) is 0 Å². The van der Waals surface area contributed by atoms with Gasteiger partial charge in [0, 0.05) is 6.92 Å². The maximum absolute atomic E-state index is 12.2. The van der Waals surface area contributed by atoms with Crippen LogP contribution >= 0.6 is 0 Å². The molecule has 0 aromatic heterocycles. The summed E-state index contributed by atoms with van der Waals surface area (Å²) in [7, 11) is 0. The highest BCUT2D eigenvalue weighted by molar-refractivity contribution is 5.92. The van der Waals surface area contributed by atoms with E-state index in [1.165, 1.54) is 0 Å². The average Bonchev–Trinajstić information content (AvgIpc) is 2.49. The van der Waals surface area contributed by atoms with Gasteiger partial charge >= 0.3 is 23.9 Å². The molecule has 24 heavy (non-hydrogen) atoms. The summed E-state index contributed by atoms with van der Waals surface area (Å²) in [6.45, 7) is 5.93. The Balaban J connectivity index is 0. The quantitative estimate of drug-likeness (QED) is 0.264. The van der Waals surface area contributed by atoms with E-state index in [1.54, 1.807) is 20.8 Å². The maximum atomic E-state index is 12.2. The Morgan fingerprint density at radius 1 is 0.792 bits per heavy atom. The number of rotatable bonds is 9. The van der Waals surface area contributed by atoms with Gasteiger partial charge in [-0.15, -0.1) is 0 Å². The molecule has 0 rings (SSSR count). The predicted octanol–water partition coefficient (Wildman–Crippen LogP) is 0.775. The number of carbonyl (C=O) groups excluding carboxylic acids is 4. The lowest BCUT2D eigenvalue weighted by atomic mass is 9.95. The van der Waals surface area contributed by atoms with Crippen LogP contribution in [0.15, 0.2) is 0 Å². The van der Waals surface area contributed by atoms with Crippen molar-refractivity contribution in [1.29, 1.82) is 0 Å². The summed E-state index contributed by atoms with van der Waals surface area (Å²) in [5, 5.41) is 12.0. The molecule has 0 atom stereocenters. The Hall–Kier alpha value is -2.20. The van der Waals surface area contributed by atoms with Gasteiger partial charge in [-0.05, 0) is 20.8 Å². The van der Waals surface area contributed by atoms with Gasteiger partial charge in [0.1, 0.15) is 0 Å². The van der Waals surface area contributed by atoms with Crippen LogP contribution in [0, 0.1) is 0 Å². The summed E-state index contributed by atoms with van der Waals surface area (Å²) in [5.41, 5.74) is -2.08. The molecule has 0 radical (unpaired) electrons. The lowest BCUT2D eigenvalue weighted by Gasteiger charge is -2.28. The molecule has 0 aliphatic carbocycles. The molecule has 0 fully saturated rings. The highest BCUT2D eigenvalue weighted by atomic mass is 17.0. The summed E-state index contributed by atoms with van der Waals surface area (Å²) >= 11 is 0. The third-order valence-corrected chi connectivity index (χ3v) is 2.46. The smallest absolute Gasteiger partial charge is 0.351 e. The van der Waals surface area contributed by atoms with E-state index in [-0.39, 0.29) is 19.8 Å². The molecule has 10 heteroatoms. The van der Waals surface area contributed by atoms with Gasteiger partial charge in [-0.2, -0.15) is 0 Å². The first-order valence-corrected chi connectivity index (χ1v) is 7.19. The second kappa shape index (κ2) is 13.3. The van der Waals surface area contributed by atoms with E-state index in [9.17, 15) is 19.2 Å². The van der Waals surface area contributed by atoms with E-state index in [4.69, 9.17) is 29.5 Å². The summed E-state index contributed by atoms with van der Waals surface area (Å²) in [5.74, 6) is -3.41. The molecule has 0 aliphatic rings. The van der Waals surface area contributed by atoms with E-state index < -0.39 is 42.3 Å². The van der Waals surface area contributed by atoms with E-state index in [2.05, 4.69) is 0 Å². The number of hydrogen-bond donors (Lipinski definition) is 2. The number of carbonyl (C=O) groups is 4. The average molecular weight is 352 g/mol. The summed E-state index contributed by atoms with van der Waals surface area (Å²) in [6.07, 6.45) is -1.25. The van der Waals surface area contributed by atoms with Gasteiger partial charge in [-0.3, -0.25) is 24.9 Å². The van der Waals surface area contributed by atoms with Crippen LogP contribution in [0.4, 0.5) is 0 Å². The zero-order valence-corrected chi connectivity index (χ0v) is 14.2. The zero-order chi connectivity index (χ0) is 19.2. The minimum Gasteiger partial charge on any atom is -0.466 e. The fourth-order valence-electron chi connectivity index (χ4n) is 1.75. The largest absolute Gasteiger partial charge is 0.466 e. The van der Waals surface area contributed by atoms with Crippen LogP contribution in [0.5, 0.6) is 0 Å². The van der Waals surface area contributed by atoms with E-state index in [1.807, 2.05) is 0 Å². The molecule has 0 heterocycles. The molecule has 0 aromatic rings. The standard InChI is InChI=1S/C14H22O8.H2O2/c1-5-19-11(16)8-14(22-10(4)15,13(18)21-7-3)9-12(17)20-6-2;1-2/h5-9H2,1-4H3;1-2H. The van der Waals surface area contributed by atoms with E-state index >= 15 is 0 Å². The number of hydrogen-bond acceptors (Lipinski definition) is 10. The Bertz CT molecular complexity index is 398. The SMILES string of the molecule is CCOC(=O)CC(CC(=O)OCC)(OC(C)=O)C(=O)OCC.OO. The second-order valence-electron chi connectivity index (χ2n) is 4.27. The van der Waals surface area contributed by atoms with Crippen molar-refractivity contribution in [2.45, 2.75) is 46.1 Å². The fourth-order valence-corrected chi connectivity index (χ4v) is 1.75. The lowest BCUT2D eigenvalue weighted by Crippen LogP contribution is -2.48. The van der Waals surface area contributed by atoms with Crippen LogP contribution in [0.1, 0.15) is 40.5 Å². The van der Waals surface area contributed by atoms with Crippen molar-refractivity contribution in [3.05, 3.63) is 0 Å². The summed E-state index contributed by atoms with van der Waals surface area (Å²) in [6, 6.07) is 0. The Kier molecular flexibility index (Phi) is 13.3. The van der Waals surface area contributed by atoms with Gasteiger partial charge in [0.05, 0.1) is 32.7 Å². The molecule has 0 aromatic carbocycles. The monoisotopic (exact) mass is 352 g/mol. The molecule has 0 unspecified atom stereocenters. The van der Waals surface area contributed by atoms with Crippen molar-refractivity contribution in [3.63, 3.8) is 0 Å². The van der Waals surface area contributed by atoms with Crippen LogP contribution in [0.2, 0.25) is 0 Å². The normalized spacial score (nSPS) is 9.92. The van der Waals surface area contributed by atoms with Gasteiger partial charge in [-0.1, -0.05) is 0 Å². The van der Waals surface area contributed by atoms with Crippen molar-refractivity contribution >= 4 is 23.9 Å². The first-order valence-electron chi connectivity index (χ1n) is 7.19. The van der Waals surface area contributed by atoms with E-state index in [0.29, 0.717) is 0 Å². The topological polar surface area (TPSA) is 146 Å². The van der Waals surface area contributed by atoms with Crippen LogP contribution in [-0.4, -0.2) is 59.8 Å². The Morgan fingerprint density at radius 2 is 1.17 bits per heavy atom. The Labute approximate surface area is 139 Å². The summed E-state index contributed by atoms with van der Waals surface area (Å²) < 4.78 is 19.3. The van der Waals surface area contributed by atoms with Crippen LogP contribution < -0.4 is 0 Å². The molecular formula is C14H24O10. The molecule has 10 nitrogen and oxygen atoms in total. The van der Waals surface area contributed by atoms with Crippen LogP contribution in [0.3, 0.4) is 0 Å². The van der Waals surface area contributed by atoms with Gasteiger partial charge in [0.2, 0.25) is 5.60 Å². The van der Waals surface area contributed by atoms with Gasteiger partial charge in [0.25, 0.3) is 0 Å². The molecule has 140 valence electrons. The minimum absolute atomic E-state index is 0.00645. The highest BCUT2D eigenvalue weighted by Crippen LogP contribution is 2.25. The molecular weight excluding hydrogens is 328 g/mol. The molecule has 0 amide bonds. The first-order chi connectivity index (χ1) is 11.3. The lowest BCUT2D eigenvalue weighted by molar-refractivity contribution is -0.189. The zero-order valence-electron chi connectivity index (χ0n) is 14.2. The van der Waals surface area contributed by atoms with Crippen molar-refractivity contribution in [1.82, 2.24) is 0 Å². The fraction of sp³-hybridized carbons (Fsp3) is 0.714. The van der Waals surface area contributed by atoms with Crippen molar-refractivity contribution < 1.29 is 48.6 Å². The molecule has 0 saturated heterocycles. The first kappa shape index (κ1) is 24.1. The molecule has 0 spiro atoms. The van der Waals surface area contributed by atoms with Gasteiger partial charge in [-0.25, -0.2) is 4.79 Å². The highest BCUT2D eigenvalue weighted by Gasteiger charge is 2.48. The maximum Gasteiger partial charge on any atom is 0.351 e. The van der Waals surface area contributed by atoms with Crippen molar-refractivity contribution in [3.8, 4) is 0 Å². The van der Waals surface area contributed by atoms with Crippen molar-refractivity contribution in [2.75, 3.05) is 19.8 Å². The summed E-state index contributed by atoms with van der Waals surface area (Å²) in [4.78, 5) is 46.9. The molecule has 0 bridgehead atoms. The number of esters is 4. The third-order valence-electron chi connectivity index (χ3n) is 2.46. The molecule has 2 N–H and O–H groups in total. The van der Waals surface area contributed by atoms with Crippen LogP contribution in [-0.2, 0) is 38.1 Å². The van der Waals surface area contributed by atoms with Gasteiger partial charge < -0.3 is 18.9 Å². The predicted molar refractivity (Wildman–Crippen MR) is 78.9 cm³/mol. The Morgan fingerprint density at radius 3 is 1.46 bits per heavy atom. The molecule has 0 aliphatic heterocycles. The van der Waals surface area contributed by atoms with Crippen LogP contribution in [0.25, 0.3) is 0 Å². The van der Waals surface area contributed by atoms with E-state index in [0.717, 1.165) is 6.92 Å². The molecule has 0 saturated carbocycles. The number of ether oxygens (including phenoxy) is 4. The third kappa shape index (κ3) is 9.06. The minimum atomic E-state index is -2.08.